The largest absolute Gasteiger partial charge is 0.478 e. The number of hydrogen-bond acceptors (Lipinski definition) is 18. The van der Waals surface area contributed by atoms with Crippen LogP contribution in [0.2, 0.25) is 0 Å². The number of carboxylic acids is 1. The third kappa shape index (κ3) is 12.4. The van der Waals surface area contributed by atoms with Crippen molar-refractivity contribution < 1.29 is 27.9 Å². The van der Waals surface area contributed by atoms with E-state index in [2.05, 4.69) is 74.4 Å². The number of nitrogens with one attached hydrogen (secondary N) is 4. The number of carboxylic acid groups (broad SMARTS) is 1. The molecule has 446 valence electrons. The number of primary amides is 1. The highest BCUT2D eigenvalue weighted by Crippen LogP contribution is 2.33. The summed E-state index contributed by atoms with van der Waals surface area (Å²) in [5.74, 6) is -1.59. The molecule has 7 N–H and O–H groups in total. The molecule has 1 amide bonds. The number of carbonyl (C=O) groups is 2. The van der Waals surface area contributed by atoms with Gasteiger partial charge in [0.15, 0.2) is 33.4 Å². The number of carbonyl (C=O) groups excluding carboxylic acids is 1. The average Bonchev–Trinajstić information content (AvgIpc) is 1.08. The maximum absolute atomic E-state index is 12.3. The number of H-pyrrole nitrogens is 2. The molecule has 88 heavy (non-hydrogen) atoms. The standard InChI is InChI=1S/C20H18N2O2.C17H17N3O4.C15H12N2O5.C14H12N2OS/c1-3-22(4-2)13-9-10-16-18(11-13)24-19-12-17(23)14-7-5-6-8-15(14)20(19)21-16;1-3-8(2)19-9-4-5-11-13(6-9)24-16-14(20-11)10(17(18)23)7-12(21)15(16)22;1-2-16-7-3-4-9-11(5-7)22-14-12(17-9)8(15(20)21)6-10(18)13(14)19;1-16(2)9-3-5-11-13(7-9)18-14-8-10(17)4-6-12(14)15-11/h5-12H,3-4H2,1-2H3;4-8,19-20H,3H2,1-2H3,(H2,18,23);3-6,16-17H,2H2,1H3,(H,20,21);3-8H,1-2H3. The lowest BCUT2D eigenvalue weighted by atomic mass is 10.0. The molecule has 0 aromatic heterocycles. The molecule has 0 fully saturated rings. The first-order valence-corrected chi connectivity index (χ1v) is 28.9. The molecule has 1 atom stereocenters. The summed E-state index contributed by atoms with van der Waals surface area (Å²) < 4.78 is 18.2. The number of rotatable bonds is 11. The topological polar surface area (TPSA) is 310 Å². The van der Waals surface area contributed by atoms with Gasteiger partial charge in [-0.05, 0) is 101 Å². The molecule has 0 saturated carbocycles. The predicted octanol–water partition coefficient (Wildman–Crippen LogP) is 9.97. The lowest BCUT2D eigenvalue weighted by Gasteiger charge is -2.21. The molecular weight excluding hydrogens is 1140 g/mol. The van der Waals surface area contributed by atoms with Gasteiger partial charge in [0.1, 0.15) is 16.6 Å². The molecule has 8 aliphatic rings. The van der Waals surface area contributed by atoms with Crippen LogP contribution in [0.25, 0.3) is 76.3 Å². The summed E-state index contributed by atoms with van der Waals surface area (Å²) >= 11 is 1.61. The fraction of sp³-hybridized carbons (Fsp3) is 0.182. The summed E-state index contributed by atoms with van der Waals surface area (Å²) in [6.45, 7) is 12.9. The Morgan fingerprint density at radius 1 is 0.636 bits per heavy atom. The Labute approximate surface area is 502 Å². The van der Waals surface area contributed by atoms with Crippen molar-refractivity contribution in [1.82, 2.24) is 19.9 Å². The Bertz CT molecular complexity index is 5300. The minimum Gasteiger partial charge on any atom is -0.478 e. The molecule has 22 heteroatoms. The maximum Gasteiger partial charge on any atom is 0.338 e. The SMILES string of the molecule is CCC(C)Nc1ccc2[nH]c3c(C(N)=O)cc(=O)c(=O)c=3oc2c1.CCN(CC)c1ccc2nc3c4ccccc4c(=O)cc-3oc2c1.CCNc1ccc2[nH]c3c(C(=O)O)cc(=O)c(=O)c=3oc2c1.CN(C)c1ccc2nc3ccc(=O)cc-3sc2c1. The molecule has 0 radical (unpaired) electrons. The Hall–Kier alpha value is -11.0. The first-order chi connectivity index (χ1) is 42.2. The van der Waals surface area contributed by atoms with E-state index in [-0.39, 0.29) is 49.6 Å². The molecule has 4 heterocycles. The van der Waals surface area contributed by atoms with Gasteiger partial charge in [0.25, 0.3) is 16.8 Å². The second kappa shape index (κ2) is 25.3. The number of nitrogens with zero attached hydrogens (tertiary/aromatic N) is 4. The minimum atomic E-state index is -1.31. The average molecular weight is 1200 g/mol. The second-order valence-corrected chi connectivity index (χ2v) is 21.7. The minimum absolute atomic E-state index is 0.000741. The van der Waals surface area contributed by atoms with E-state index in [4.69, 9.17) is 24.0 Å². The van der Waals surface area contributed by atoms with Gasteiger partial charge in [-0.3, -0.25) is 33.6 Å². The summed E-state index contributed by atoms with van der Waals surface area (Å²) in [6, 6.07) is 38.8. The first kappa shape index (κ1) is 60.1. The zero-order chi connectivity index (χ0) is 62.7. The fourth-order valence-electron chi connectivity index (χ4n) is 9.81. The van der Waals surface area contributed by atoms with Crippen LogP contribution in [-0.2, 0) is 0 Å². The van der Waals surface area contributed by atoms with Crippen molar-refractivity contribution >= 4 is 100 Å². The van der Waals surface area contributed by atoms with Crippen molar-refractivity contribution in [3.8, 4) is 22.0 Å². The van der Waals surface area contributed by atoms with Crippen molar-refractivity contribution in [1.29, 1.82) is 0 Å². The number of aromatic amines is 2. The Balaban J connectivity index is 0.000000130. The molecule has 1 unspecified atom stereocenters. The van der Waals surface area contributed by atoms with Crippen molar-refractivity contribution in [3.63, 3.8) is 0 Å². The van der Waals surface area contributed by atoms with Gasteiger partial charge in [-0.25, -0.2) is 14.8 Å². The molecule has 4 aliphatic carbocycles. The summed E-state index contributed by atoms with van der Waals surface area (Å²) in [4.78, 5) is 114. The molecule has 0 bridgehead atoms. The fourth-order valence-corrected chi connectivity index (χ4v) is 10.8. The lowest BCUT2D eigenvalue weighted by molar-refractivity contribution is 0.0694. The predicted molar refractivity (Wildman–Crippen MR) is 345 cm³/mol. The highest BCUT2D eigenvalue weighted by Gasteiger charge is 2.19. The number of hydrogen-bond donors (Lipinski definition) is 6. The van der Waals surface area contributed by atoms with Crippen molar-refractivity contribution in [2.75, 3.05) is 54.2 Å². The molecule has 5 aromatic carbocycles. The summed E-state index contributed by atoms with van der Waals surface area (Å²) in [7, 11) is 4.02. The Morgan fingerprint density at radius 3 is 1.88 bits per heavy atom. The van der Waals surface area contributed by atoms with Crippen LogP contribution in [0.5, 0.6) is 0 Å². The van der Waals surface area contributed by atoms with Crippen LogP contribution in [-0.4, -0.2) is 76.7 Å². The van der Waals surface area contributed by atoms with Crippen LogP contribution in [0.3, 0.4) is 0 Å². The monoisotopic (exact) mass is 1200 g/mol. The number of fused-ring (bicyclic) bond motifs is 8. The van der Waals surface area contributed by atoms with Gasteiger partial charge in [-0.2, -0.15) is 0 Å². The molecule has 5 aromatic rings. The number of aromatic nitrogens is 4. The first-order valence-electron chi connectivity index (χ1n) is 28.1. The number of nitrogens with two attached hydrogens (primary N) is 1. The summed E-state index contributed by atoms with van der Waals surface area (Å²) in [6.07, 6.45) is 0.950. The van der Waals surface area contributed by atoms with E-state index >= 15 is 0 Å². The van der Waals surface area contributed by atoms with Gasteiger partial charge < -0.3 is 54.5 Å². The lowest BCUT2D eigenvalue weighted by Crippen LogP contribution is -2.28. The van der Waals surface area contributed by atoms with E-state index in [0.29, 0.717) is 45.5 Å². The van der Waals surface area contributed by atoms with E-state index < -0.39 is 33.6 Å². The Morgan fingerprint density at radius 2 is 1.25 bits per heavy atom. The van der Waals surface area contributed by atoms with E-state index in [1.54, 1.807) is 59.9 Å². The number of amides is 1. The van der Waals surface area contributed by atoms with Gasteiger partial charge in [0.2, 0.25) is 21.7 Å². The van der Waals surface area contributed by atoms with E-state index in [0.717, 1.165) is 91.8 Å². The molecule has 4 aliphatic heterocycles. The van der Waals surface area contributed by atoms with E-state index in [1.165, 1.54) is 6.07 Å². The van der Waals surface area contributed by atoms with Gasteiger partial charge in [0.05, 0.1) is 48.3 Å². The van der Waals surface area contributed by atoms with Crippen LogP contribution in [0.4, 0.5) is 22.7 Å². The maximum atomic E-state index is 12.3. The number of aromatic carboxylic acids is 1. The number of anilines is 4. The van der Waals surface area contributed by atoms with E-state index in [1.807, 2.05) is 76.5 Å². The molecule has 21 nitrogen and oxygen atoms in total. The van der Waals surface area contributed by atoms with Crippen LogP contribution in [0.15, 0.2) is 175 Å². The zero-order valence-electron chi connectivity index (χ0n) is 48.8. The third-order valence-corrected chi connectivity index (χ3v) is 15.6. The van der Waals surface area contributed by atoms with Crippen LogP contribution in [0, 0.1) is 21.5 Å². The smallest absolute Gasteiger partial charge is 0.338 e. The quantitative estimate of drug-likeness (QED) is 0.0398. The van der Waals surface area contributed by atoms with Crippen molar-refractivity contribution in [3.05, 3.63) is 227 Å². The van der Waals surface area contributed by atoms with Crippen LogP contribution >= 0.6 is 11.3 Å². The third-order valence-electron chi connectivity index (χ3n) is 14.5. The zero-order valence-corrected chi connectivity index (χ0v) is 49.6. The highest BCUT2D eigenvalue weighted by molar-refractivity contribution is 7.21. The van der Waals surface area contributed by atoms with Crippen LogP contribution in [0.1, 0.15) is 61.8 Å². The summed E-state index contributed by atoms with van der Waals surface area (Å²) in [5, 5.41) is 17.2. The molecule has 13 rings (SSSR count). The van der Waals surface area contributed by atoms with Crippen LogP contribution < -0.4 is 58.7 Å². The molecule has 0 spiro atoms. The van der Waals surface area contributed by atoms with Gasteiger partial charge in [-0.1, -0.05) is 31.2 Å². The highest BCUT2D eigenvalue weighted by atomic mass is 32.1. The Kier molecular flexibility index (Phi) is 17.3. The van der Waals surface area contributed by atoms with Crippen molar-refractivity contribution in [2.45, 2.75) is 47.1 Å². The van der Waals surface area contributed by atoms with Gasteiger partial charge in [0, 0.05) is 116 Å². The molecule has 0 saturated heterocycles. The summed E-state index contributed by atoms with van der Waals surface area (Å²) in [5.41, 5.74) is 10.8. The number of benzene rings is 7. The second-order valence-electron chi connectivity index (χ2n) is 20.6. The van der Waals surface area contributed by atoms with Gasteiger partial charge in [-0.15, -0.1) is 11.3 Å². The van der Waals surface area contributed by atoms with Gasteiger partial charge >= 0.3 is 5.97 Å². The normalized spacial score (nSPS) is 11.5. The van der Waals surface area contributed by atoms with Crippen molar-refractivity contribution in [2.24, 2.45) is 5.73 Å². The molecular formula is C66H59N9O12S. The van der Waals surface area contributed by atoms with E-state index in [9.17, 15) is 43.5 Å².